The van der Waals surface area contributed by atoms with E-state index in [2.05, 4.69) is 195 Å². The van der Waals surface area contributed by atoms with E-state index in [0.717, 1.165) is 44.4 Å². The minimum absolute atomic E-state index is 0.231. The summed E-state index contributed by atoms with van der Waals surface area (Å²) in [5.74, 6) is 0. The van der Waals surface area contributed by atoms with E-state index in [9.17, 15) is 0 Å². The molecule has 8 aromatic carbocycles. The average molecular weight is 680 g/mol. The highest BCUT2D eigenvalue weighted by Gasteiger charge is 2.40. The fraction of sp³-hybridized carbons (Fsp3) is 0.0588. The topological polar surface area (TPSA) is 16.4 Å². The largest absolute Gasteiger partial charge is 0.455 e. The quantitative estimate of drug-likeness (QED) is 0.174. The fourth-order valence-electron chi connectivity index (χ4n) is 8.55. The Morgan fingerprint density at radius 3 is 1.70 bits per heavy atom. The predicted octanol–water partition coefficient (Wildman–Crippen LogP) is 14.4. The molecular formula is C51H37NO. The van der Waals surface area contributed by atoms with Crippen LogP contribution in [0, 0.1) is 0 Å². The first-order valence-corrected chi connectivity index (χ1v) is 18.4. The van der Waals surface area contributed by atoms with Crippen LogP contribution in [0.25, 0.3) is 66.4 Å². The summed E-state index contributed by atoms with van der Waals surface area (Å²) in [6.45, 7) is 4.76. The zero-order valence-corrected chi connectivity index (χ0v) is 29.8. The summed E-state index contributed by atoms with van der Waals surface area (Å²) in [6, 6.07) is 67.8. The molecule has 0 radical (unpaired) electrons. The van der Waals surface area contributed by atoms with E-state index in [-0.39, 0.29) is 5.41 Å². The molecule has 1 aromatic heterocycles. The number of fused-ring (bicyclic) bond motifs is 6. The lowest BCUT2D eigenvalue weighted by atomic mass is 9.80. The van der Waals surface area contributed by atoms with Crippen molar-refractivity contribution in [2.75, 3.05) is 4.90 Å². The van der Waals surface area contributed by atoms with Gasteiger partial charge in [0.15, 0.2) is 0 Å². The third-order valence-electron chi connectivity index (χ3n) is 11.1. The summed E-state index contributed by atoms with van der Waals surface area (Å²) in [5, 5.41) is 2.28. The number of para-hydroxylation sites is 2. The molecule has 1 aliphatic carbocycles. The van der Waals surface area contributed by atoms with Crippen LogP contribution in [-0.2, 0) is 5.41 Å². The maximum atomic E-state index is 6.44. The first-order chi connectivity index (χ1) is 26.1. The fourth-order valence-corrected chi connectivity index (χ4v) is 8.55. The molecule has 10 rings (SSSR count). The highest BCUT2D eigenvalue weighted by molar-refractivity contribution is 6.09. The van der Waals surface area contributed by atoms with Crippen LogP contribution in [0.15, 0.2) is 192 Å². The van der Waals surface area contributed by atoms with E-state index in [4.69, 9.17) is 4.42 Å². The van der Waals surface area contributed by atoms with Crippen LogP contribution in [0.1, 0.15) is 25.0 Å². The second-order valence-electron chi connectivity index (χ2n) is 14.5. The van der Waals surface area contributed by atoms with Crippen LogP contribution >= 0.6 is 0 Å². The van der Waals surface area contributed by atoms with Crippen molar-refractivity contribution in [2.45, 2.75) is 19.3 Å². The number of rotatable bonds is 6. The molecule has 0 N–H and O–H groups in total. The molecule has 0 atom stereocenters. The Kier molecular flexibility index (Phi) is 7.19. The number of anilines is 3. The number of nitrogens with zero attached hydrogens (tertiary/aromatic N) is 1. The highest BCUT2D eigenvalue weighted by Crippen LogP contribution is 2.57. The first kappa shape index (κ1) is 31.1. The second-order valence-corrected chi connectivity index (χ2v) is 14.5. The van der Waals surface area contributed by atoms with E-state index >= 15 is 0 Å². The normalized spacial score (nSPS) is 12.9. The molecule has 9 aromatic rings. The number of hydrogen-bond donors (Lipinski definition) is 0. The number of hydrogen-bond acceptors (Lipinski definition) is 2. The van der Waals surface area contributed by atoms with E-state index in [1.165, 1.54) is 50.2 Å². The molecule has 1 aliphatic rings. The van der Waals surface area contributed by atoms with E-state index in [0.29, 0.717) is 0 Å². The Balaban J connectivity index is 1.17. The molecule has 0 unspecified atom stereocenters. The smallest absolute Gasteiger partial charge is 0.143 e. The van der Waals surface area contributed by atoms with Gasteiger partial charge < -0.3 is 9.32 Å². The molecule has 2 heteroatoms. The molecule has 0 spiro atoms. The lowest BCUT2D eigenvalue weighted by molar-refractivity contribution is 0.661. The molecule has 53 heavy (non-hydrogen) atoms. The van der Waals surface area contributed by atoms with Crippen LogP contribution in [0.4, 0.5) is 17.1 Å². The van der Waals surface area contributed by atoms with Crippen LogP contribution in [0.3, 0.4) is 0 Å². The van der Waals surface area contributed by atoms with Crippen molar-refractivity contribution in [1.82, 2.24) is 0 Å². The molecule has 2 nitrogen and oxygen atoms in total. The molecule has 0 fully saturated rings. The van der Waals surface area contributed by atoms with Crippen molar-refractivity contribution in [1.29, 1.82) is 0 Å². The van der Waals surface area contributed by atoms with Crippen LogP contribution in [0.2, 0.25) is 0 Å². The number of benzene rings is 8. The van der Waals surface area contributed by atoms with Gasteiger partial charge in [0, 0.05) is 33.1 Å². The molecule has 0 amide bonds. The molecule has 0 saturated heterocycles. The molecule has 1 heterocycles. The van der Waals surface area contributed by atoms with Gasteiger partial charge in [-0.15, -0.1) is 0 Å². The third kappa shape index (κ3) is 5.02. The van der Waals surface area contributed by atoms with Gasteiger partial charge in [-0.3, -0.25) is 0 Å². The van der Waals surface area contributed by atoms with Crippen molar-refractivity contribution in [3.8, 4) is 44.5 Å². The van der Waals surface area contributed by atoms with Crippen LogP contribution in [0.5, 0.6) is 0 Å². The Hall–Kier alpha value is -6.64. The SMILES string of the molecule is CC1(C)c2ccccc2-c2c(-c3ccccc3)ccc(N(c3ccc(-c4ccccc4)cc3)c3ccc(-c4cccc5c4oc4ccccc45)cc3)c21. The van der Waals surface area contributed by atoms with Crippen LogP contribution in [-0.4, -0.2) is 0 Å². The minimum Gasteiger partial charge on any atom is -0.455 e. The van der Waals surface area contributed by atoms with Gasteiger partial charge in [0.05, 0.1) is 5.69 Å². The van der Waals surface area contributed by atoms with Crippen molar-refractivity contribution in [3.63, 3.8) is 0 Å². The second kappa shape index (κ2) is 12.3. The highest BCUT2D eigenvalue weighted by atomic mass is 16.3. The average Bonchev–Trinajstić information content (AvgIpc) is 3.72. The van der Waals surface area contributed by atoms with Gasteiger partial charge >= 0.3 is 0 Å². The maximum absolute atomic E-state index is 6.44. The van der Waals surface area contributed by atoms with Gasteiger partial charge in [-0.1, -0.05) is 166 Å². The van der Waals surface area contributed by atoms with Crippen molar-refractivity contribution < 1.29 is 4.42 Å². The van der Waals surface area contributed by atoms with Gasteiger partial charge in [-0.25, -0.2) is 0 Å². The summed E-state index contributed by atoms with van der Waals surface area (Å²) >= 11 is 0. The number of furan rings is 1. The summed E-state index contributed by atoms with van der Waals surface area (Å²) in [6.07, 6.45) is 0. The third-order valence-corrected chi connectivity index (χ3v) is 11.1. The van der Waals surface area contributed by atoms with Crippen molar-refractivity contribution in [3.05, 3.63) is 199 Å². The van der Waals surface area contributed by atoms with Gasteiger partial charge in [-0.2, -0.15) is 0 Å². The van der Waals surface area contributed by atoms with Gasteiger partial charge in [0.2, 0.25) is 0 Å². The standard InChI is InChI=1S/C51H37NO/c1-51(2)45-22-11-9-19-44(45)48-40(36-16-7-4-8-17-36)32-33-46(49(48)51)52(38-28-24-35(25-29-38)34-14-5-3-6-15-34)39-30-26-37(27-31-39)41-20-13-21-43-42-18-10-12-23-47(42)53-50(41)43/h3-33H,1-2H3. The van der Waals surface area contributed by atoms with Gasteiger partial charge in [-0.05, 0) is 86.5 Å². The zero-order chi connectivity index (χ0) is 35.5. The molecule has 252 valence electrons. The monoisotopic (exact) mass is 679 g/mol. The van der Waals surface area contributed by atoms with Gasteiger partial charge in [0.25, 0.3) is 0 Å². The maximum Gasteiger partial charge on any atom is 0.143 e. The van der Waals surface area contributed by atoms with Crippen molar-refractivity contribution in [2.24, 2.45) is 0 Å². The molecule has 0 aliphatic heterocycles. The Morgan fingerprint density at radius 2 is 0.962 bits per heavy atom. The van der Waals surface area contributed by atoms with Crippen LogP contribution < -0.4 is 4.90 Å². The lowest BCUT2D eigenvalue weighted by Crippen LogP contribution is -2.20. The lowest BCUT2D eigenvalue weighted by Gasteiger charge is -2.33. The Morgan fingerprint density at radius 1 is 0.415 bits per heavy atom. The summed E-state index contributed by atoms with van der Waals surface area (Å²) in [4.78, 5) is 2.45. The van der Waals surface area contributed by atoms with Crippen molar-refractivity contribution >= 4 is 39.0 Å². The van der Waals surface area contributed by atoms with E-state index in [1.807, 2.05) is 12.1 Å². The summed E-state index contributed by atoms with van der Waals surface area (Å²) in [5.41, 5.74) is 17.4. The van der Waals surface area contributed by atoms with E-state index < -0.39 is 0 Å². The van der Waals surface area contributed by atoms with Gasteiger partial charge in [0.1, 0.15) is 11.2 Å². The molecule has 0 saturated carbocycles. The zero-order valence-electron chi connectivity index (χ0n) is 29.8. The summed E-state index contributed by atoms with van der Waals surface area (Å²) < 4.78 is 6.44. The Labute approximate surface area is 310 Å². The summed E-state index contributed by atoms with van der Waals surface area (Å²) in [7, 11) is 0. The minimum atomic E-state index is -0.231. The molecular weight excluding hydrogens is 643 g/mol. The Bertz CT molecular complexity index is 2780. The first-order valence-electron chi connectivity index (χ1n) is 18.4. The molecule has 0 bridgehead atoms. The predicted molar refractivity (Wildman–Crippen MR) is 222 cm³/mol. The van der Waals surface area contributed by atoms with E-state index in [1.54, 1.807) is 0 Å².